The summed E-state index contributed by atoms with van der Waals surface area (Å²) in [5, 5.41) is 2.79. The van der Waals surface area contributed by atoms with Crippen LogP contribution in [0, 0.1) is 5.92 Å². The summed E-state index contributed by atoms with van der Waals surface area (Å²) in [6.45, 7) is 8.71. The number of carbonyl (C=O) groups is 1. The van der Waals surface area contributed by atoms with E-state index in [4.69, 9.17) is 9.47 Å². The SMILES string of the molecule is COc1cccc(C(=O)NC(=NCC[NH+]2CCCC2)OCC(C)C)c1. The van der Waals surface area contributed by atoms with Gasteiger partial charge in [0, 0.05) is 18.4 Å². The molecule has 0 atom stereocenters. The lowest BCUT2D eigenvalue weighted by Crippen LogP contribution is -3.10. The fourth-order valence-electron chi connectivity index (χ4n) is 2.74. The molecular formula is C19H30N3O3+. The molecule has 2 N–H and O–H groups in total. The molecule has 1 heterocycles. The smallest absolute Gasteiger partial charge is 0.291 e. The van der Waals surface area contributed by atoms with Gasteiger partial charge >= 0.3 is 0 Å². The van der Waals surface area contributed by atoms with Crippen LogP contribution in [0.25, 0.3) is 0 Å². The van der Waals surface area contributed by atoms with Crippen LogP contribution in [0.4, 0.5) is 0 Å². The van der Waals surface area contributed by atoms with Crippen LogP contribution >= 0.6 is 0 Å². The van der Waals surface area contributed by atoms with Gasteiger partial charge in [-0.3, -0.25) is 10.1 Å². The van der Waals surface area contributed by atoms with Crippen molar-refractivity contribution < 1.29 is 19.2 Å². The first-order chi connectivity index (χ1) is 12.1. The van der Waals surface area contributed by atoms with Crippen molar-refractivity contribution in [2.24, 2.45) is 10.9 Å². The van der Waals surface area contributed by atoms with E-state index in [1.54, 1.807) is 36.3 Å². The summed E-state index contributed by atoms with van der Waals surface area (Å²) in [4.78, 5) is 18.5. The number of carbonyl (C=O) groups excluding carboxylic acids is 1. The van der Waals surface area contributed by atoms with E-state index >= 15 is 0 Å². The number of amidine groups is 1. The number of ether oxygens (including phenoxy) is 2. The van der Waals surface area contributed by atoms with Crippen LogP contribution in [0.2, 0.25) is 0 Å². The van der Waals surface area contributed by atoms with Crippen LogP contribution in [0.1, 0.15) is 37.0 Å². The molecule has 0 saturated carbocycles. The Morgan fingerprint density at radius 2 is 2.08 bits per heavy atom. The van der Waals surface area contributed by atoms with Crippen LogP contribution in [-0.4, -0.2) is 51.8 Å². The number of rotatable bonds is 7. The Morgan fingerprint density at radius 1 is 1.32 bits per heavy atom. The van der Waals surface area contributed by atoms with Gasteiger partial charge in [0.1, 0.15) is 5.75 Å². The number of benzene rings is 1. The van der Waals surface area contributed by atoms with E-state index in [0.717, 1.165) is 6.54 Å². The number of nitrogens with zero attached hydrogens (tertiary/aromatic N) is 1. The van der Waals surface area contributed by atoms with E-state index < -0.39 is 0 Å². The highest BCUT2D eigenvalue weighted by Crippen LogP contribution is 2.12. The molecule has 138 valence electrons. The molecule has 6 heteroatoms. The Bertz CT molecular complexity index is 581. The van der Waals surface area contributed by atoms with E-state index in [9.17, 15) is 4.79 Å². The second-order valence-electron chi connectivity index (χ2n) is 6.78. The maximum atomic E-state index is 12.5. The first-order valence-corrected chi connectivity index (χ1v) is 9.04. The zero-order valence-electron chi connectivity index (χ0n) is 15.5. The van der Waals surface area contributed by atoms with Gasteiger partial charge in [0.2, 0.25) is 0 Å². The largest absolute Gasteiger partial charge is 0.497 e. The topological polar surface area (TPSA) is 64.4 Å². The van der Waals surface area contributed by atoms with Crippen molar-refractivity contribution in [3.8, 4) is 5.75 Å². The van der Waals surface area contributed by atoms with Gasteiger partial charge in [-0.1, -0.05) is 19.9 Å². The number of methoxy groups -OCH3 is 1. The van der Waals surface area contributed by atoms with Gasteiger partial charge in [0.25, 0.3) is 11.9 Å². The average Bonchev–Trinajstić information content (AvgIpc) is 3.12. The fourth-order valence-corrected chi connectivity index (χ4v) is 2.74. The summed E-state index contributed by atoms with van der Waals surface area (Å²) in [7, 11) is 1.58. The fraction of sp³-hybridized carbons (Fsp3) is 0.579. The predicted molar refractivity (Wildman–Crippen MR) is 98.3 cm³/mol. The van der Waals surface area contributed by atoms with Crippen LogP contribution in [0.5, 0.6) is 5.75 Å². The minimum absolute atomic E-state index is 0.241. The molecule has 1 aliphatic heterocycles. The average molecular weight is 348 g/mol. The zero-order valence-corrected chi connectivity index (χ0v) is 15.5. The first kappa shape index (κ1) is 19.2. The highest BCUT2D eigenvalue weighted by atomic mass is 16.5. The third-order valence-corrected chi connectivity index (χ3v) is 4.14. The van der Waals surface area contributed by atoms with Gasteiger partial charge in [0.05, 0.1) is 39.9 Å². The Kier molecular flexibility index (Phi) is 7.73. The van der Waals surface area contributed by atoms with Crippen molar-refractivity contribution >= 4 is 11.9 Å². The Balaban J connectivity index is 1.96. The molecule has 0 aliphatic carbocycles. The summed E-state index contributed by atoms with van der Waals surface area (Å²) in [6.07, 6.45) is 2.59. The van der Waals surface area contributed by atoms with Gasteiger partial charge in [-0.15, -0.1) is 0 Å². The first-order valence-electron chi connectivity index (χ1n) is 9.04. The van der Waals surface area contributed by atoms with E-state index in [1.807, 2.05) is 0 Å². The predicted octanol–water partition coefficient (Wildman–Crippen LogP) is 1.13. The number of hydrogen-bond acceptors (Lipinski definition) is 4. The number of aliphatic imine (C=N–C) groups is 1. The van der Waals surface area contributed by atoms with E-state index in [2.05, 4.69) is 24.2 Å². The lowest BCUT2D eigenvalue weighted by Gasteiger charge is -2.14. The zero-order chi connectivity index (χ0) is 18.1. The van der Waals surface area contributed by atoms with E-state index in [-0.39, 0.29) is 5.91 Å². The van der Waals surface area contributed by atoms with Crippen molar-refractivity contribution in [2.45, 2.75) is 26.7 Å². The Labute approximate surface area is 150 Å². The maximum Gasteiger partial charge on any atom is 0.291 e. The molecule has 1 aromatic rings. The van der Waals surface area contributed by atoms with Crippen molar-refractivity contribution in [1.82, 2.24) is 5.32 Å². The molecule has 1 aliphatic rings. The molecule has 6 nitrogen and oxygen atoms in total. The third kappa shape index (κ3) is 6.74. The van der Waals surface area contributed by atoms with Gasteiger partial charge < -0.3 is 14.4 Å². The second kappa shape index (κ2) is 10.0. The number of nitrogens with one attached hydrogen (secondary N) is 2. The molecule has 2 rings (SSSR count). The Morgan fingerprint density at radius 3 is 2.76 bits per heavy atom. The highest BCUT2D eigenvalue weighted by Gasteiger charge is 2.15. The Hall–Kier alpha value is -2.08. The molecule has 0 spiro atoms. The maximum absolute atomic E-state index is 12.5. The number of amides is 1. The third-order valence-electron chi connectivity index (χ3n) is 4.14. The van der Waals surface area contributed by atoms with Crippen molar-refractivity contribution in [2.75, 3.05) is 39.9 Å². The molecule has 1 fully saturated rings. The van der Waals surface area contributed by atoms with E-state index in [0.29, 0.717) is 36.4 Å². The monoisotopic (exact) mass is 348 g/mol. The quantitative estimate of drug-likeness (QED) is 0.574. The van der Waals surface area contributed by atoms with Crippen LogP contribution in [0.3, 0.4) is 0 Å². The second-order valence-corrected chi connectivity index (χ2v) is 6.78. The van der Waals surface area contributed by atoms with Crippen LogP contribution in [-0.2, 0) is 4.74 Å². The molecular weight excluding hydrogens is 318 g/mol. The molecule has 25 heavy (non-hydrogen) atoms. The molecule has 1 saturated heterocycles. The molecule has 0 radical (unpaired) electrons. The van der Waals surface area contributed by atoms with Gasteiger partial charge in [0.15, 0.2) is 0 Å². The summed E-state index contributed by atoms with van der Waals surface area (Å²) < 4.78 is 10.9. The summed E-state index contributed by atoms with van der Waals surface area (Å²) in [5.74, 6) is 0.768. The minimum Gasteiger partial charge on any atom is -0.497 e. The summed E-state index contributed by atoms with van der Waals surface area (Å²) in [5.41, 5.74) is 0.519. The molecule has 0 bridgehead atoms. The van der Waals surface area contributed by atoms with Crippen LogP contribution < -0.4 is 15.0 Å². The van der Waals surface area contributed by atoms with Gasteiger partial charge in [-0.2, -0.15) is 0 Å². The van der Waals surface area contributed by atoms with Crippen LogP contribution in [0.15, 0.2) is 29.3 Å². The van der Waals surface area contributed by atoms with Crippen molar-refractivity contribution in [3.05, 3.63) is 29.8 Å². The number of hydrogen-bond donors (Lipinski definition) is 2. The number of quaternary nitrogens is 1. The lowest BCUT2D eigenvalue weighted by molar-refractivity contribution is -0.885. The van der Waals surface area contributed by atoms with Gasteiger partial charge in [-0.05, 0) is 24.1 Å². The molecule has 0 unspecified atom stereocenters. The number of likely N-dealkylation sites (tertiary alicyclic amines) is 1. The standard InChI is InChI=1S/C19H29N3O3/c1-15(2)14-25-19(20-9-12-22-10-4-5-11-22)21-18(23)16-7-6-8-17(13-16)24-3/h6-8,13,15H,4-5,9-12,14H2,1-3H3,(H,20,21,23)/p+1. The molecule has 0 aromatic heterocycles. The summed E-state index contributed by atoms with van der Waals surface area (Å²) >= 11 is 0. The lowest BCUT2D eigenvalue weighted by atomic mass is 10.2. The molecule has 1 aromatic carbocycles. The normalized spacial score (nSPS) is 15.4. The summed E-state index contributed by atoms with van der Waals surface area (Å²) in [6, 6.07) is 7.34. The minimum atomic E-state index is -0.241. The van der Waals surface area contributed by atoms with Crippen molar-refractivity contribution in [3.63, 3.8) is 0 Å². The van der Waals surface area contributed by atoms with Gasteiger partial charge in [-0.25, -0.2) is 4.99 Å². The van der Waals surface area contributed by atoms with E-state index in [1.165, 1.54) is 25.9 Å². The van der Waals surface area contributed by atoms with Crippen molar-refractivity contribution in [1.29, 1.82) is 0 Å². The molecule has 1 amide bonds. The highest BCUT2D eigenvalue weighted by molar-refractivity contribution is 6.04.